The van der Waals surface area contributed by atoms with E-state index in [0.29, 0.717) is 41.8 Å². The maximum Gasteiger partial charge on any atom is 0.285 e. The zero-order valence-electron chi connectivity index (χ0n) is 17.2. The standard InChI is InChI=1S/C20H24N2O6S2/c1-5-28-11-10-22-16-12-17(26-3)18(27-4)13-19(16)29-20(22)21-30(23,24)15-8-6-14(25-2)7-9-15/h6-9,12-13H,5,10-11H2,1-4H3/b21-20-. The summed E-state index contributed by atoms with van der Waals surface area (Å²) in [5.74, 6) is 1.69. The predicted octanol–water partition coefficient (Wildman–Crippen LogP) is 3.05. The molecule has 0 N–H and O–H groups in total. The fraction of sp³-hybridized carbons (Fsp3) is 0.350. The quantitative estimate of drug-likeness (QED) is 0.464. The SMILES string of the molecule is CCOCCn1/c(=N/S(=O)(=O)c2ccc(OC)cc2)sc2cc(OC)c(OC)cc21. The number of thiazole rings is 1. The van der Waals surface area contributed by atoms with Gasteiger partial charge < -0.3 is 23.5 Å². The summed E-state index contributed by atoms with van der Waals surface area (Å²) in [7, 11) is 0.719. The summed E-state index contributed by atoms with van der Waals surface area (Å²) in [6.07, 6.45) is 0. The van der Waals surface area contributed by atoms with Crippen molar-refractivity contribution in [3.8, 4) is 17.2 Å². The summed E-state index contributed by atoms with van der Waals surface area (Å²) in [5, 5.41) is 0. The first-order valence-electron chi connectivity index (χ1n) is 9.21. The number of ether oxygens (including phenoxy) is 4. The Kier molecular flexibility index (Phi) is 7.01. The van der Waals surface area contributed by atoms with E-state index >= 15 is 0 Å². The topological polar surface area (TPSA) is 88.4 Å². The molecule has 0 aliphatic carbocycles. The summed E-state index contributed by atoms with van der Waals surface area (Å²) < 4.78 is 53.9. The van der Waals surface area contributed by atoms with Crippen molar-refractivity contribution in [2.75, 3.05) is 34.5 Å². The maximum atomic E-state index is 12.9. The van der Waals surface area contributed by atoms with E-state index < -0.39 is 10.0 Å². The Morgan fingerprint density at radius 2 is 1.67 bits per heavy atom. The van der Waals surface area contributed by atoms with Crippen molar-refractivity contribution in [3.05, 3.63) is 41.2 Å². The molecule has 0 bridgehead atoms. The second-order valence-electron chi connectivity index (χ2n) is 6.15. The number of aromatic nitrogens is 1. The average molecular weight is 453 g/mol. The first-order chi connectivity index (χ1) is 14.4. The summed E-state index contributed by atoms with van der Waals surface area (Å²) in [5.41, 5.74) is 0.793. The van der Waals surface area contributed by atoms with Crippen molar-refractivity contribution in [1.82, 2.24) is 4.57 Å². The highest BCUT2D eigenvalue weighted by Crippen LogP contribution is 2.33. The number of nitrogens with zero attached hydrogens (tertiary/aromatic N) is 2. The van der Waals surface area contributed by atoms with Crippen LogP contribution in [0.15, 0.2) is 45.7 Å². The minimum atomic E-state index is -3.91. The molecule has 0 saturated carbocycles. The first-order valence-corrected chi connectivity index (χ1v) is 11.5. The minimum Gasteiger partial charge on any atom is -0.497 e. The van der Waals surface area contributed by atoms with Gasteiger partial charge in [0.25, 0.3) is 10.0 Å². The molecule has 0 radical (unpaired) electrons. The fourth-order valence-corrected chi connectivity index (χ4v) is 5.16. The maximum absolute atomic E-state index is 12.9. The second-order valence-corrected chi connectivity index (χ2v) is 8.76. The van der Waals surface area contributed by atoms with Crippen LogP contribution in [0.25, 0.3) is 10.2 Å². The van der Waals surface area contributed by atoms with E-state index in [1.165, 1.54) is 30.6 Å². The van der Waals surface area contributed by atoms with Crippen LogP contribution < -0.4 is 19.0 Å². The van der Waals surface area contributed by atoms with Crippen LogP contribution in [-0.4, -0.2) is 47.5 Å². The third-order valence-corrected chi connectivity index (χ3v) is 6.84. The Hall–Kier alpha value is -2.56. The lowest BCUT2D eigenvalue weighted by molar-refractivity contribution is 0.139. The highest BCUT2D eigenvalue weighted by molar-refractivity contribution is 7.90. The van der Waals surface area contributed by atoms with E-state index in [2.05, 4.69) is 4.40 Å². The van der Waals surface area contributed by atoms with E-state index in [1.807, 2.05) is 23.6 Å². The normalized spacial score (nSPS) is 12.3. The molecular formula is C20H24N2O6S2. The third kappa shape index (κ3) is 4.61. The number of hydrogen-bond acceptors (Lipinski definition) is 7. The molecule has 3 rings (SSSR count). The van der Waals surface area contributed by atoms with Crippen molar-refractivity contribution in [3.63, 3.8) is 0 Å². The molecule has 0 fully saturated rings. The van der Waals surface area contributed by atoms with Crippen molar-refractivity contribution >= 4 is 31.6 Å². The molecule has 0 saturated heterocycles. The third-order valence-electron chi connectivity index (χ3n) is 4.41. The van der Waals surface area contributed by atoms with Gasteiger partial charge in [0.1, 0.15) is 5.75 Å². The molecule has 2 aromatic carbocycles. The zero-order chi connectivity index (χ0) is 21.7. The van der Waals surface area contributed by atoms with Gasteiger partial charge in [-0.25, -0.2) is 0 Å². The number of rotatable bonds is 9. The van der Waals surface area contributed by atoms with Gasteiger partial charge in [-0.1, -0.05) is 11.3 Å². The van der Waals surface area contributed by atoms with Crippen LogP contribution in [0.1, 0.15) is 6.92 Å². The lowest BCUT2D eigenvalue weighted by atomic mass is 10.3. The van der Waals surface area contributed by atoms with Crippen molar-refractivity contribution < 1.29 is 27.4 Å². The van der Waals surface area contributed by atoms with Crippen LogP contribution in [0.4, 0.5) is 0 Å². The molecule has 0 unspecified atom stereocenters. The van der Waals surface area contributed by atoms with E-state index in [4.69, 9.17) is 18.9 Å². The summed E-state index contributed by atoms with van der Waals surface area (Å²) in [4.78, 5) is 0.433. The predicted molar refractivity (Wildman–Crippen MR) is 115 cm³/mol. The minimum absolute atomic E-state index is 0.0901. The smallest absolute Gasteiger partial charge is 0.285 e. The molecule has 162 valence electrons. The molecule has 0 atom stereocenters. The van der Waals surface area contributed by atoms with E-state index in [9.17, 15) is 8.42 Å². The molecule has 0 spiro atoms. The first kappa shape index (κ1) is 22.1. The van der Waals surface area contributed by atoms with Gasteiger partial charge >= 0.3 is 0 Å². The van der Waals surface area contributed by atoms with Gasteiger partial charge in [-0.3, -0.25) is 0 Å². The van der Waals surface area contributed by atoms with Gasteiger partial charge in [0.2, 0.25) is 4.80 Å². The van der Waals surface area contributed by atoms with Gasteiger partial charge in [-0.15, -0.1) is 4.40 Å². The second kappa shape index (κ2) is 9.50. The Balaban J connectivity index is 2.17. The Labute approximate surface area is 179 Å². The Morgan fingerprint density at radius 3 is 2.27 bits per heavy atom. The Morgan fingerprint density at radius 1 is 1.00 bits per heavy atom. The molecule has 1 aromatic heterocycles. The van der Waals surface area contributed by atoms with Crippen LogP contribution in [0.2, 0.25) is 0 Å². The lowest BCUT2D eigenvalue weighted by Crippen LogP contribution is -2.20. The zero-order valence-corrected chi connectivity index (χ0v) is 18.9. The number of methoxy groups -OCH3 is 3. The number of sulfonamides is 1. The lowest BCUT2D eigenvalue weighted by Gasteiger charge is -2.09. The highest BCUT2D eigenvalue weighted by Gasteiger charge is 2.17. The van der Waals surface area contributed by atoms with Crippen molar-refractivity contribution in [2.45, 2.75) is 18.4 Å². The van der Waals surface area contributed by atoms with Gasteiger partial charge in [-0.2, -0.15) is 8.42 Å². The van der Waals surface area contributed by atoms with E-state index in [-0.39, 0.29) is 4.90 Å². The highest BCUT2D eigenvalue weighted by atomic mass is 32.2. The fourth-order valence-electron chi connectivity index (χ4n) is 2.89. The molecule has 8 nitrogen and oxygen atoms in total. The molecule has 0 amide bonds. The van der Waals surface area contributed by atoms with E-state index in [1.54, 1.807) is 26.4 Å². The number of hydrogen-bond donors (Lipinski definition) is 0. The summed E-state index contributed by atoms with van der Waals surface area (Å²) in [6.45, 7) is 3.34. The summed E-state index contributed by atoms with van der Waals surface area (Å²) >= 11 is 1.26. The number of benzene rings is 2. The Bertz CT molecular complexity index is 1180. The molecule has 3 aromatic rings. The van der Waals surface area contributed by atoms with Gasteiger partial charge in [-0.05, 0) is 31.2 Å². The van der Waals surface area contributed by atoms with Gasteiger partial charge in [0, 0.05) is 25.3 Å². The van der Waals surface area contributed by atoms with Crippen molar-refractivity contribution in [1.29, 1.82) is 0 Å². The van der Waals surface area contributed by atoms with Crippen LogP contribution in [0, 0.1) is 0 Å². The molecule has 1 heterocycles. The average Bonchev–Trinajstić information content (AvgIpc) is 3.08. The molecule has 30 heavy (non-hydrogen) atoms. The monoisotopic (exact) mass is 452 g/mol. The summed E-state index contributed by atoms with van der Waals surface area (Å²) in [6, 6.07) is 9.76. The molecular weight excluding hydrogens is 428 g/mol. The number of fused-ring (bicyclic) bond motifs is 1. The van der Waals surface area contributed by atoms with Crippen LogP contribution >= 0.6 is 11.3 Å². The van der Waals surface area contributed by atoms with Crippen LogP contribution in [-0.2, 0) is 21.3 Å². The van der Waals surface area contributed by atoms with Crippen LogP contribution in [0.5, 0.6) is 17.2 Å². The van der Waals surface area contributed by atoms with E-state index in [0.717, 1.165) is 10.2 Å². The molecule has 10 heteroatoms. The van der Waals surface area contributed by atoms with Crippen molar-refractivity contribution in [2.24, 2.45) is 4.40 Å². The van der Waals surface area contributed by atoms with Gasteiger partial charge in [0.05, 0.1) is 43.0 Å². The molecule has 0 aliphatic heterocycles. The van der Waals surface area contributed by atoms with Crippen LogP contribution in [0.3, 0.4) is 0 Å². The van der Waals surface area contributed by atoms with Gasteiger partial charge in [0.15, 0.2) is 11.5 Å². The molecule has 0 aliphatic rings. The largest absolute Gasteiger partial charge is 0.497 e.